The highest BCUT2D eigenvalue weighted by atomic mass is 19.4. The Balaban J connectivity index is 0.000000339. The standard InChI is InChI=1S/C19H20N4O.C2HF3O2/c20-11-15-3-1-2-13-4-5-14(10-17(13)15)19(24)23-9-7-16(12-23)18-6-8-21-22-18;3-2(4,5)1(6)7/h1-6,8,10,16H,7,9,11-12,20H2,(H,21,22);(H,6,7). The Bertz CT molecular complexity index is 1070. The number of halogens is 3. The van der Waals surface area contributed by atoms with Crippen molar-refractivity contribution in [3.63, 3.8) is 0 Å². The van der Waals surface area contributed by atoms with Gasteiger partial charge < -0.3 is 15.7 Å². The summed E-state index contributed by atoms with van der Waals surface area (Å²) in [6.45, 7) is 1.98. The molecule has 1 aliphatic heterocycles. The highest BCUT2D eigenvalue weighted by Gasteiger charge is 2.38. The second kappa shape index (κ2) is 9.17. The Morgan fingerprint density at radius 1 is 1.23 bits per heavy atom. The third-order valence-electron chi connectivity index (χ3n) is 5.12. The van der Waals surface area contributed by atoms with Gasteiger partial charge in [-0.3, -0.25) is 9.89 Å². The summed E-state index contributed by atoms with van der Waals surface area (Å²) >= 11 is 0. The molecular formula is C21H21F3N4O3. The lowest BCUT2D eigenvalue weighted by atomic mass is 10.0. The number of nitrogens with one attached hydrogen (secondary N) is 1. The Morgan fingerprint density at radius 2 is 1.97 bits per heavy atom. The summed E-state index contributed by atoms with van der Waals surface area (Å²) in [5.74, 6) is -2.32. The van der Waals surface area contributed by atoms with Gasteiger partial charge in [0.25, 0.3) is 5.91 Å². The minimum Gasteiger partial charge on any atom is -0.475 e. The summed E-state index contributed by atoms with van der Waals surface area (Å²) < 4.78 is 31.7. The number of carboxylic acid groups (broad SMARTS) is 1. The van der Waals surface area contributed by atoms with Crippen LogP contribution in [0.3, 0.4) is 0 Å². The van der Waals surface area contributed by atoms with Crippen LogP contribution >= 0.6 is 0 Å². The average Bonchev–Trinajstić information content (AvgIpc) is 3.44. The van der Waals surface area contributed by atoms with Crippen molar-refractivity contribution in [2.24, 2.45) is 5.73 Å². The molecule has 4 N–H and O–H groups in total. The summed E-state index contributed by atoms with van der Waals surface area (Å²) in [6.07, 6.45) is -2.35. The number of nitrogens with zero attached hydrogens (tertiary/aromatic N) is 2. The molecule has 0 bridgehead atoms. The number of amides is 1. The number of carbonyl (C=O) groups excluding carboxylic acids is 1. The lowest BCUT2D eigenvalue weighted by Crippen LogP contribution is -2.28. The van der Waals surface area contributed by atoms with Gasteiger partial charge in [-0.1, -0.05) is 24.3 Å². The van der Waals surface area contributed by atoms with Crippen molar-refractivity contribution >= 4 is 22.6 Å². The number of alkyl halides is 3. The molecule has 1 amide bonds. The zero-order valence-corrected chi connectivity index (χ0v) is 16.4. The first-order chi connectivity index (χ1) is 14.7. The van der Waals surface area contributed by atoms with Gasteiger partial charge in [0.15, 0.2) is 0 Å². The minimum atomic E-state index is -5.08. The van der Waals surface area contributed by atoms with E-state index < -0.39 is 12.1 Å². The molecule has 3 aromatic rings. The molecule has 2 aromatic carbocycles. The number of fused-ring (bicyclic) bond motifs is 1. The summed E-state index contributed by atoms with van der Waals surface area (Å²) in [5, 5.41) is 16.3. The van der Waals surface area contributed by atoms with Crippen LogP contribution in [-0.4, -0.2) is 51.3 Å². The fourth-order valence-corrected chi connectivity index (χ4v) is 3.52. The monoisotopic (exact) mass is 434 g/mol. The van der Waals surface area contributed by atoms with E-state index in [-0.39, 0.29) is 5.91 Å². The highest BCUT2D eigenvalue weighted by molar-refractivity contribution is 5.99. The van der Waals surface area contributed by atoms with E-state index in [1.54, 1.807) is 6.20 Å². The molecule has 1 aliphatic rings. The number of H-pyrrole nitrogens is 1. The SMILES string of the molecule is NCc1cccc2ccc(C(=O)N3CCC(c4ccn[nH]4)C3)cc12.O=C(O)C(F)(F)F. The number of hydrogen-bond acceptors (Lipinski definition) is 4. The Morgan fingerprint density at radius 3 is 2.58 bits per heavy atom. The van der Waals surface area contributed by atoms with Crippen molar-refractivity contribution in [2.75, 3.05) is 13.1 Å². The van der Waals surface area contributed by atoms with E-state index in [9.17, 15) is 18.0 Å². The number of nitrogens with two attached hydrogens (primary N) is 1. The number of benzene rings is 2. The predicted molar refractivity (Wildman–Crippen MR) is 107 cm³/mol. The molecular weight excluding hydrogens is 413 g/mol. The minimum absolute atomic E-state index is 0.0886. The van der Waals surface area contributed by atoms with E-state index >= 15 is 0 Å². The number of carboxylic acids is 1. The quantitative estimate of drug-likeness (QED) is 0.586. The predicted octanol–water partition coefficient (Wildman–Crippen LogP) is 3.28. The van der Waals surface area contributed by atoms with Gasteiger partial charge in [-0.2, -0.15) is 18.3 Å². The summed E-state index contributed by atoms with van der Waals surface area (Å²) in [6, 6.07) is 13.9. The smallest absolute Gasteiger partial charge is 0.475 e. The van der Waals surface area contributed by atoms with Crippen LogP contribution in [0.25, 0.3) is 10.8 Å². The number of likely N-dealkylation sites (tertiary alicyclic amines) is 1. The zero-order chi connectivity index (χ0) is 22.6. The molecule has 7 nitrogen and oxygen atoms in total. The first-order valence-electron chi connectivity index (χ1n) is 9.51. The van der Waals surface area contributed by atoms with Gasteiger partial charge in [0.2, 0.25) is 0 Å². The van der Waals surface area contributed by atoms with Gasteiger partial charge >= 0.3 is 12.1 Å². The van der Waals surface area contributed by atoms with Crippen molar-refractivity contribution in [3.8, 4) is 0 Å². The largest absolute Gasteiger partial charge is 0.490 e. The van der Waals surface area contributed by atoms with Crippen LogP contribution in [0, 0.1) is 0 Å². The zero-order valence-electron chi connectivity index (χ0n) is 16.4. The van der Waals surface area contributed by atoms with Crippen molar-refractivity contribution in [1.29, 1.82) is 0 Å². The number of hydrogen-bond donors (Lipinski definition) is 3. The maximum absolute atomic E-state index is 12.9. The molecule has 4 rings (SSSR count). The van der Waals surface area contributed by atoms with Gasteiger partial charge in [-0.25, -0.2) is 4.79 Å². The first kappa shape index (κ1) is 22.3. The topological polar surface area (TPSA) is 112 Å². The van der Waals surface area contributed by atoms with Crippen LogP contribution < -0.4 is 5.73 Å². The number of rotatable bonds is 3. The van der Waals surface area contributed by atoms with E-state index in [1.165, 1.54) is 0 Å². The van der Waals surface area contributed by atoms with Crippen LogP contribution in [0.15, 0.2) is 48.7 Å². The second-order valence-electron chi connectivity index (χ2n) is 7.11. The van der Waals surface area contributed by atoms with Gasteiger partial charge in [0.1, 0.15) is 0 Å². The van der Waals surface area contributed by atoms with Gasteiger partial charge in [-0.05, 0) is 41.0 Å². The van der Waals surface area contributed by atoms with Crippen molar-refractivity contribution in [2.45, 2.75) is 25.1 Å². The van der Waals surface area contributed by atoms with Crippen LogP contribution in [0.1, 0.15) is 34.0 Å². The van der Waals surface area contributed by atoms with Gasteiger partial charge in [0, 0.05) is 43.0 Å². The van der Waals surface area contributed by atoms with E-state index in [1.807, 2.05) is 47.4 Å². The van der Waals surface area contributed by atoms with E-state index in [2.05, 4.69) is 10.2 Å². The van der Waals surface area contributed by atoms with E-state index in [0.29, 0.717) is 12.5 Å². The average molecular weight is 434 g/mol. The van der Waals surface area contributed by atoms with Crippen LogP contribution in [0.5, 0.6) is 0 Å². The summed E-state index contributed by atoms with van der Waals surface area (Å²) in [4.78, 5) is 23.7. The molecule has 1 fully saturated rings. The molecule has 2 heterocycles. The molecule has 1 aromatic heterocycles. The van der Waals surface area contributed by atoms with Crippen LogP contribution in [0.2, 0.25) is 0 Å². The number of aromatic nitrogens is 2. The Kier molecular flexibility index (Phi) is 6.59. The van der Waals surface area contributed by atoms with E-state index in [0.717, 1.165) is 47.1 Å². The molecule has 0 saturated carbocycles. The normalized spacial score (nSPS) is 16.1. The van der Waals surface area contributed by atoms with Crippen LogP contribution in [-0.2, 0) is 11.3 Å². The molecule has 164 valence electrons. The van der Waals surface area contributed by atoms with Crippen LogP contribution in [0.4, 0.5) is 13.2 Å². The maximum atomic E-state index is 12.9. The highest BCUT2D eigenvalue weighted by Crippen LogP contribution is 2.28. The van der Waals surface area contributed by atoms with Crippen molar-refractivity contribution in [3.05, 3.63) is 65.5 Å². The molecule has 0 aliphatic carbocycles. The second-order valence-corrected chi connectivity index (χ2v) is 7.11. The van der Waals surface area contributed by atoms with Crippen molar-refractivity contribution in [1.82, 2.24) is 15.1 Å². The molecule has 1 unspecified atom stereocenters. The van der Waals surface area contributed by atoms with Gasteiger partial charge in [-0.15, -0.1) is 0 Å². The molecule has 0 radical (unpaired) electrons. The van der Waals surface area contributed by atoms with Gasteiger partial charge in [0.05, 0.1) is 0 Å². The fourth-order valence-electron chi connectivity index (χ4n) is 3.52. The molecule has 0 spiro atoms. The Labute approximate surface area is 175 Å². The molecule has 1 atom stereocenters. The Hall–Kier alpha value is -3.40. The summed E-state index contributed by atoms with van der Waals surface area (Å²) in [7, 11) is 0. The maximum Gasteiger partial charge on any atom is 0.490 e. The lowest BCUT2D eigenvalue weighted by molar-refractivity contribution is -0.192. The molecule has 10 heteroatoms. The third-order valence-corrected chi connectivity index (χ3v) is 5.12. The van der Waals surface area contributed by atoms with E-state index in [4.69, 9.17) is 15.6 Å². The lowest BCUT2D eigenvalue weighted by Gasteiger charge is -2.17. The first-order valence-corrected chi connectivity index (χ1v) is 9.51. The number of carbonyl (C=O) groups is 2. The summed E-state index contributed by atoms with van der Waals surface area (Å²) in [5.41, 5.74) is 8.74. The number of aromatic amines is 1. The molecule has 31 heavy (non-hydrogen) atoms. The number of aliphatic carboxylic acids is 1. The third kappa shape index (κ3) is 5.21. The molecule has 1 saturated heterocycles. The van der Waals surface area contributed by atoms with Crippen molar-refractivity contribution < 1.29 is 27.9 Å². The fraction of sp³-hybridized carbons (Fsp3) is 0.286.